The monoisotopic (exact) mass is 547 g/mol. The third-order valence-corrected chi connectivity index (χ3v) is 10.9. The fourth-order valence-corrected chi connectivity index (χ4v) is 9.32. The van der Waals surface area contributed by atoms with E-state index in [1.807, 2.05) is 0 Å². The molecule has 0 radical (unpaired) electrons. The maximum absolute atomic E-state index is 15.9. The molecule has 0 aliphatic carbocycles. The molecule has 4 aliphatic heterocycles. The highest BCUT2D eigenvalue weighted by Crippen LogP contribution is 2.59. The molecule has 2 N–H and O–H groups in total. The summed E-state index contributed by atoms with van der Waals surface area (Å²) in [6, 6.07) is 4.71. The molecule has 1 unspecified atom stereocenters. The first-order chi connectivity index (χ1) is 17.9. The summed E-state index contributed by atoms with van der Waals surface area (Å²) < 4.78 is 27.6. The van der Waals surface area contributed by atoms with Gasteiger partial charge in [-0.05, 0) is 44.1 Å². The summed E-state index contributed by atoms with van der Waals surface area (Å²) in [7, 11) is -3.45. The third-order valence-electron chi connectivity index (χ3n) is 8.47. The van der Waals surface area contributed by atoms with Crippen LogP contribution in [0, 0.1) is 5.92 Å². The molecule has 5 rings (SSSR count). The number of carbonyl (C=O) groups excluding carboxylic acids is 4. The Morgan fingerprint density at radius 3 is 2.68 bits per heavy atom. The van der Waals surface area contributed by atoms with Crippen molar-refractivity contribution in [2.75, 3.05) is 23.4 Å². The number of aliphatic hydroxyl groups excluding tert-OH is 1. The third kappa shape index (κ3) is 4.13. The van der Waals surface area contributed by atoms with E-state index in [0.717, 1.165) is 6.42 Å². The fourth-order valence-electron chi connectivity index (χ4n) is 6.83. The average molecular weight is 548 g/mol. The number of carbonyl (C=O) groups is 4. The van der Waals surface area contributed by atoms with Gasteiger partial charge in [-0.3, -0.25) is 24.1 Å². The van der Waals surface area contributed by atoms with Crippen LogP contribution in [0.4, 0.5) is 15.5 Å². The second kappa shape index (κ2) is 9.42. The lowest BCUT2D eigenvalue weighted by Gasteiger charge is -2.39. The Balaban J connectivity index is 1.50. The predicted molar refractivity (Wildman–Crippen MR) is 137 cm³/mol. The smallest absolute Gasteiger partial charge is 0.304 e. The van der Waals surface area contributed by atoms with Crippen molar-refractivity contribution in [2.24, 2.45) is 5.92 Å². The molecule has 206 valence electrons. The molecule has 3 fully saturated rings. The maximum Gasteiger partial charge on any atom is 0.304 e. The lowest BCUT2D eigenvalue weighted by Crippen LogP contribution is -2.55. The second-order valence-electron chi connectivity index (χ2n) is 11.3. The molecule has 38 heavy (non-hydrogen) atoms. The highest BCUT2D eigenvalue weighted by molar-refractivity contribution is 6.72. The Hall–Kier alpha value is -2.83. The van der Waals surface area contributed by atoms with Crippen LogP contribution in [-0.4, -0.2) is 73.6 Å². The zero-order valence-corrected chi connectivity index (χ0v) is 23.0. The van der Waals surface area contributed by atoms with Crippen molar-refractivity contribution in [3.63, 3.8) is 0 Å². The van der Waals surface area contributed by atoms with Gasteiger partial charge in [0.05, 0.1) is 31.6 Å². The quantitative estimate of drug-likeness (QED) is 0.243. The number of aliphatic hydroxyl groups is 1. The van der Waals surface area contributed by atoms with Crippen LogP contribution >= 0.6 is 0 Å². The van der Waals surface area contributed by atoms with Crippen LogP contribution in [0.3, 0.4) is 0 Å². The number of hydrogen-bond donors (Lipinski definition) is 2. The van der Waals surface area contributed by atoms with Gasteiger partial charge < -0.3 is 28.9 Å². The maximum atomic E-state index is 15.9. The van der Waals surface area contributed by atoms with E-state index in [2.05, 4.69) is 5.32 Å². The normalized spacial score (nSPS) is 32.4. The molecular weight excluding hydrogens is 513 g/mol. The summed E-state index contributed by atoms with van der Waals surface area (Å²) in [5.41, 5.74) is -0.785. The topological polar surface area (TPSA) is 125 Å². The number of rotatable bonds is 6. The molecule has 0 saturated carbocycles. The number of halogens is 1. The van der Waals surface area contributed by atoms with Crippen molar-refractivity contribution in [3.05, 3.63) is 23.8 Å². The molecule has 1 aromatic carbocycles. The number of nitrogens with one attached hydrogen (secondary N) is 1. The number of fused-ring (bicyclic) bond motifs is 2. The van der Waals surface area contributed by atoms with E-state index in [1.165, 1.54) is 11.8 Å². The van der Waals surface area contributed by atoms with E-state index < -0.39 is 49.7 Å². The van der Waals surface area contributed by atoms with Gasteiger partial charge in [-0.1, -0.05) is 6.92 Å². The molecule has 0 aromatic heterocycles. The number of anilines is 2. The number of ether oxygens (including phenoxy) is 2. The zero-order valence-electron chi connectivity index (χ0n) is 22.0. The lowest BCUT2D eigenvalue weighted by atomic mass is 9.82. The van der Waals surface area contributed by atoms with Gasteiger partial charge in [0.15, 0.2) is 11.8 Å². The summed E-state index contributed by atoms with van der Waals surface area (Å²) >= 11 is 0. The van der Waals surface area contributed by atoms with Crippen LogP contribution in [0.1, 0.15) is 45.1 Å². The highest BCUT2D eigenvalue weighted by Gasteiger charge is 2.65. The minimum Gasteiger partial charge on any atom is -0.441 e. The Bertz CT molecular complexity index is 1190. The van der Waals surface area contributed by atoms with Crippen LogP contribution in [0.15, 0.2) is 18.2 Å². The molecular formula is C26H34FN3O7Si. The Kier molecular flexibility index (Phi) is 6.63. The summed E-state index contributed by atoms with van der Waals surface area (Å²) in [5, 5.41) is 12.5. The van der Waals surface area contributed by atoms with Crippen molar-refractivity contribution >= 4 is 43.5 Å². The SMILES string of the molecule is CC(=O)OC1CC(=O)N1c1ccc2c(c1)[C@@]1(O[C@H](CC(=O)N3CCC[C@H]3CO)[C@@H]([Si](C)(C)F)[C@@H]1C)C(=O)N2. The van der Waals surface area contributed by atoms with Crippen LogP contribution in [0.5, 0.6) is 0 Å². The number of hydrogen-bond acceptors (Lipinski definition) is 7. The lowest BCUT2D eigenvalue weighted by molar-refractivity contribution is -0.154. The van der Waals surface area contributed by atoms with Crippen molar-refractivity contribution in [2.45, 2.75) is 82.1 Å². The number of benzene rings is 1. The van der Waals surface area contributed by atoms with E-state index in [4.69, 9.17) is 9.47 Å². The summed E-state index contributed by atoms with van der Waals surface area (Å²) in [4.78, 5) is 53.7. The standard InChI is InChI=1S/C26H34FN3O7Si/c1-14-24(38(3,4)27)20(11-21(33)29-9-5-6-17(29)13-31)37-26(14)18-10-16(7-8-19(18)28-25(26)35)30-22(34)12-23(30)36-15(2)32/h7-8,10,14,17,20,23-24,31H,5-6,9,11-13H2,1-4H3,(H,28,35)/t14-,17-,20+,23?,24-,26+/m0/s1. The van der Waals surface area contributed by atoms with Crippen molar-refractivity contribution in [1.82, 2.24) is 4.90 Å². The second-order valence-corrected chi connectivity index (χ2v) is 15.1. The zero-order chi connectivity index (χ0) is 27.6. The van der Waals surface area contributed by atoms with Crippen molar-refractivity contribution < 1.29 is 37.9 Å². The van der Waals surface area contributed by atoms with Crippen LogP contribution in [0.25, 0.3) is 0 Å². The van der Waals surface area contributed by atoms with Crippen LogP contribution < -0.4 is 10.2 Å². The largest absolute Gasteiger partial charge is 0.441 e. The Morgan fingerprint density at radius 2 is 2.05 bits per heavy atom. The molecule has 4 aliphatic rings. The fraction of sp³-hybridized carbons (Fsp3) is 0.615. The van der Waals surface area contributed by atoms with Crippen molar-refractivity contribution in [1.29, 1.82) is 0 Å². The highest BCUT2D eigenvalue weighted by atomic mass is 28.4. The van der Waals surface area contributed by atoms with Gasteiger partial charge in [-0.15, -0.1) is 0 Å². The van der Waals surface area contributed by atoms with Gasteiger partial charge in [0.2, 0.25) is 20.2 Å². The molecule has 12 heteroatoms. The van der Waals surface area contributed by atoms with E-state index >= 15 is 4.11 Å². The number of esters is 1. The number of amides is 3. The van der Waals surface area contributed by atoms with Gasteiger partial charge in [0.1, 0.15) is 0 Å². The van der Waals surface area contributed by atoms with Gasteiger partial charge >= 0.3 is 5.97 Å². The van der Waals surface area contributed by atoms with Crippen LogP contribution in [0.2, 0.25) is 18.6 Å². The summed E-state index contributed by atoms with van der Waals surface area (Å²) in [5.74, 6) is -1.99. The molecule has 0 bridgehead atoms. The van der Waals surface area contributed by atoms with Gasteiger partial charge in [-0.2, -0.15) is 0 Å². The van der Waals surface area contributed by atoms with E-state index in [1.54, 1.807) is 43.1 Å². The molecule has 1 spiro atoms. The first-order valence-electron chi connectivity index (χ1n) is 13.1. The van der Waals surface area contributed by atoms with Gasteiger partial charge in [0.25, 0.3) is 5.91 Å². The molecule has 1 aromatic rings. The average Bonchev–Trinajstić information content (AvgIpc) is 3.48. The molecule has 6 atom stereocenters. The predicted octanol–water partition coefficient (Wildman–Crippen LogP) is 2.41. The minimum absolute atomic E-state index is 0.0606. The first-order valence-corrected chi connectivity index (χ1v) is 16.1. The Morgan fingerprint density at radius 1 is 1.32 bits per heavy atom. The van der Waals surface area contributed by atoms with Gasteiger partial charge in [-0.25, -0.2) is 0 Å². The summed E-state index contributed by atoms with van der Waals surface area (Å²) in [6.45, 7) is 6.57. The molecule has 10 nitrogen and oxygen atoms in total. The molecule has 3 amide bonds. The van der Waals surface area contributed by atoms with E-state index in [-0.39, 0.29) is 37.3 Å². The van der Waals surface area contributed by atoms with Gasteiger partial charge in [0, 0.05) is 41.9 Å². The van der Waals surface area contributed by atoms with Crippen LogP contribution in [-0.2, 0) is 34.3 Å². The van der Waals surface area contributed by atoms with E-state index in [9.17, 15) is 24.3 Å². The van der Waals surface area contributed by atoms with Crippen molar-refractivity contribution in [3.8, 4) is 0 Å². The molecule has 3 saturated heterocycles. The number of likely N-dealkylation sites (tertiary alicyclic amines) is 1. The van der Waals surface area contributed by atoms with E-state index in [0.29, 0.717) is 29.9 Å². The molecule has 4 heterocycles. The minimum atomic E-state index is -3.45. The number of β-lactam (4-membered cyclic amide) rings is 1. The first kappa shape index (κ1) is 26.8. The Labute approximate surface area is 221 Å². The number of nitrogens with zero attached hydrogens (tertiary/aromatic N) is 2. The summed E-state index contributed by atoms with van der Waals surface area (Å²) in [6.07, 6.45) is -0.0962.